The molecular weight excluding hydrogens is 431 g/mol. The van der Waals surface area contributed by atoms with Crippen LogP contribution in [0.4, 0.5) is 24.0 Å². The Balaban J connectivity index is 1.38. The minimum atomic E-state index is -4.77. The van der Waals surface area contributed by atoms with Crippen LogP contribution in [0.3, 0.4) is 0 Å². The van der Waals surface area contributed by atoms with Gasteiger partial charge in [-0.3, -0.25) is 4.79 Å². The normalized spacial score (nSPS) is 14.4. The maximum Gasteiger partial charge on any atom is 0.573 e. The summed E-state index contributed by atoms with van der Waals surface area (Å²) in [5.41, 5.74) is 2.55. The fraction of sp³-hybridized carbons (Fsp3) is 0.238. The molecule has 1 amide bonds. The molecule has 0 unspecified atom stereocenters. The van der Waals surface area contributed by atoms with E-state index in [9.17, 15) is 18.0 Å². The average molecular weight is 449 g/mol. The summed E-state index contributed by atoms with van der Waals surface area (Å²) in [4.78, 5) is 19.2. The third-order valence-electron chi connectivity index (χ3n) is 4.56. The maximum atomic E-state index is 12.3. The van der Waals surface area contributed by atoms with Crippen LogP contribution in [0.25, 0.3) is 11.3 Å². The summed E-state index contributed by atoms with van der Waals surface area (Å²) >= 11 is 1.58. The maximum absolute atomic E-state index is 12.3. The second kappa shape index (κ2) is 8.94. The zero-order valence-corrected chi connectivity index (χ0v) is 17.0. The first-order chi connectivity index (χ1) is 14.9. The van der Waals surface area contributed by atoms with Gasteiger partial charge in [0.15, 0.2) is 5.13 Å². The van der Waals surface area contributed by atoms with Crippen LogP contribution < -0.4 is 15.0 Å². The Morgan fingerprint density at radius 1 is 1.06 bits per heavy atom. The Bertz CT molecular complexity index is 1030. The van der Waals surface area contributed by atoms with Gasteiger partial charge in [0, 0.05) is 35.3 Å². The summed E-state index contributed by atoms with van der Waals surface area (Å²) in [6.07, 6.45) is -4.77. The van der Waals surface area contributed by atoms with Crippen molar-refractivity contribution in [2.24, 2.45) is 0 Å². The van der Waals surface area contributed by atoms with Crippen LogP contribution >= 0.6 is 11.3 Å². The van der Waals surface area contributed by atoms with Gasteiger partial charge in [-0.15, -0.1) is 24.5 Å². The molecule has 0 saturated carbocycles. The molecule has 0 aliphatic carbocycles. The number of nitrogens with zero attached hydrogens (tertiary/aromatic N) is 2. The van der Waals surface area contributed by atoms with Gasteiger partial charge in [-0.2, -0.15) is 0 Å². The Morgan fingerprint density at radius 2 is 1.74 bits per heavy atom. The number of carbonyl (C=O) groups is 1. The topological polar surface area (TPSA) is 63.7 Å². The number of benzene rings is 2. The van der Waals surface area contributed by atoms with Gasteiger partial charge in [-0.25, -0.2) is 4.98 Å². The molecule has 0 bridgehead atoms. The highest BCUT2D eigenvalue weighted by Crippen LogP contribution is 2.29. The molecule has 162 valence electrons. The number of amides is 1. The molecule has 1 N–H and O–H groups in total. The van der Waals surface area contributed by atoms with Crippen molar-refractivity contribution in [2.45, 2.75) is 6.36 Å². The molecule has 10 heteroatoms. The SMILES string of the molecule is O=C(Nc1ccc(-c2csc(N3CCOCC3)n2)cc1)c1ccc(OC(F)(F)F)cc1. The highest BCUT2D eigenvalue weighted by molar-refractivity contribution is 7.14. The highest BCUT2D eigenvalue weighted by Gasteiger charge is 2.31. The Morgan fingerprint density at radius 3 is 2.39 bits per heavy atom. The molecule has 0 radical (unpaired) electrons. The van der Waals surface area contributed by atoms with Gasteiger partial charge in [0.25, 0.3) is 5.91 Å². The van der Waals surface area contributed by atoms with Gasteiger partial charge >= 0.3 is 6.36 Å². The first-order valence-corrected chi connectivity index (χ1v) is 10.3. The highest BCUT2D eigenvalue weighted by atomic mass is 32.1. The molecule has 0 atom stereocenters. The lowest BCUT2D eigenvalue weighted by Gasteiger charge is -2.26. The van der Waals surface area contributed by atoms with Crippen LogP contribution in [0.15, 0.2) is 53.9 Å². The Kier molecular flexibility index (Phi) is 6.10. The number of halogens is 3. The molecule has 2 heterocycles. The number of aromatic nitrogens is 1. The lowest BCUT2D eigenvalue weighted by Crippen LogP contribution is -2.36. The number of ether oxygens (including phenoxy) is 2. The van der Waals surface area contributed by atoms with Gasteiger partial charge in [-0.05, 0) is 36.4 Å². The van der Waals surface area contributed by atoms with Crippen LogP contribution in [0.2, 0.25) is 0 Å². The lowest BCUT2D eigenvalue weighted by molar-refractivity contribution is -0.274. The van der Waals surface area contributed by atoms with E-state index in [2.05, 4.69) is 19.9 Å². The summed E-state index contributed by atoms with van der Waals surface area (Å²) in [6, 6.07) is 12.0. The summed E-state index contributed by atoms with van der Waals surface area (Å²) in [7, 11) is 0. The minimum Gasteiger partial charge on any atom is -0.406 e. The number of thiazole rings is 1. The van der Waals surface area contributed by atoms with Crippen molar-refractivity contribution in [3.63, 3.8) is 0 Å². The predicted molar refractivity (Wildman–Crippen MR) is 112 cm³/mol. The number of alkyl halides is 3. The zero-order valence-electron chi connectivity index (χ0n) is 16.2. The molecule has 1 saturated heterocycles. The van der Waals surface area contributed by atoms with Gasteiger partial charge in [0.1, 0.15) is 5.75 Å². The summed E-state index contributed by atoms with van der Waals surface area (Å²) < 4.78 is 45.8. The van der Waals surface area contributed by atoms with Crippen molar-refractivity contribution in [3.05, 3.63) is 59.5 Å². The first-order valence-electron chi connectivity index (χ1n) is 9.43. The predicted octanol–water partition coefficient (Wildman–Crippen LogP) is 4.80. The summed E-state index contributed by atoms with van der Waals surface area (Å²) in [6.45, 7) is 3.03. The molecule has 3 aromatic rings. The largest absolute Gasteiger partial charge is 0.573 e. The van der Waals surface area contributed by atoms with E-state index < -0.39 is 12.3 Å². The fourth-order valence-electron chi connectivity index (χ4n) is 3.03. The molecule has 1 fully saturated rings. The van der Waals surface area contributed by atoms with Crippen molar-refractivity contribution >= 4 is 28.1 Å². The number of nitrogens with one attached hydrogen (secondary N) is 1. The van der Waals surface area contributed by atoms with Crippen LogP contribution in [-0.4, -0.2) is 43.6 Å². The van der Waals surface area contributed by atoms with E-state index in [4.69, 9.17) is 4.74 Å². The zero-order chi connectivity index (χ0) is 21.8. The lowest BCUT2D eigenvalue weighted by atomic mass is 10.1. The van der Waals surface area contributed by atoms with Crippen molar-refractivity contribution in [2.75, 3.05) is 36.5 Å². The monoisotopic (exact) mass is 449 g/mol. The van der Waals surface area contributed by atoms with Crippen molar-refractivity contribution in [3.8, 4) is 17.0 Å². The number of carbonyl (C=O) groups excluding carboxylic acids is 1. The van der Waals surface area contributed by atoms with Crippen molar-refractivity contribution in [1.82, 2.24) is 4.98 Å². The standard InChI is InChI=1S/C21H18F3N3O3S/c22-21(23,24)30-17-7-3-15(4-8-17)19(28)25-16-5-1-14(2-6-16)18-13-31-20(26-18)27-9-11-29-12-10-27/h1-8,13H,9-12H2,(H,25,28). The number of rotatable bonds is 5. The van der Waals surface area contributed by atoms with Crippen LogP contribution in [0.5, 0.6) is 5.75 Å². The molecule has 1 aromatic heterocycles. The van der Waals surface area contributed by atoms with Crippen LogP contribution in [0, 0.1) is 0 Å². The van der Waals surface area contributed by atoms with Gasteiger partial charge in [0.05, 0.1) is 18.9 Å². The second-order valence-electron chi connectivity index (χ2n) is 6.72. The molecule has 1 aliphatic heterocycles. The fourth-order valence-corrected chi connectivity index (χ4v) is 3.92. The molecule has 1 aliphatic rings. The van der Waals surface area contributed by atoms with Gasteiger partial charge in [-0.1, -0.05) is 12.1 Å². The van der Waals surface area contributed by atoms with E-state index >= 15 is 0 Å². The molecule has 31 heavy (non-hydrogen) atoms. The third-order valence-corrected chi connectivity index (χ3v) is 5.46. The molecule has 2 aromatic carbocycles. The van der Waals surface area contributed by atoms with Crippen LogP contribution in [0.1, 0.15) is 10.4 Å². The quantitative estimate of drug-likeness (QED) is 0.607. The van der Waals surface area contributed by atoms with Crippen molar-refractivity contribution < 1.29 is 27.4 Å². The first kappa shape index (κ1) is 21.1. The van der Waals surface area contributed by atoms with Crippen molar-refractivity contribution in [1.29, 1.82) is 0 Å². The Hall–Kier alpha value is -3.11. The number of morpholine rings is 1. The Labute approximate surface area is 180 Å². The molecule has 4 rings (SSSR count). The van der Waals surface area contributed by atoms with E-state index in [1.54, 1.807) is 23.5 Å². The number of anilines is 2. The van der Waals surface area contributed by atoms with E-state index in [0.29, 0.717) is 18.9 Å². The van der Waals surface area contributed by atoms with E-state index in [-0.39, 0.29) is 11.3 Å². The number of hydrogen-bond acceptors (Lipinski definition) is 6. The summed E-state index contributed by atoms with van der Waals surface area (Å²) in [5, 5.41) is 5.66. The van der Waals surface area contributed by atoms with E-state index in [1.165, 1.54) is 12.1 Å². The smallest absolute Gasteiger partial charge is 0.406 e. The molecular formula is C21H18F3N3O3S. The molecule has 0 spiro atoms. The average Bonchev–Trinajstić information content (AvgIpc) is 3.25. The van der Waals surface area contributed by atoms with E-state index in [0.717, 1.165) is 41.6 Å². The molecule has 6 nitrogen and oxygen atoms in total. The van der Waals surface area contributed by atoms with Gasteiger partial charge in [0.2, 0.25) is 0 Å². The second-order valence-corrected chi connectivity index (χ2v) is 7.55. The minimum absolute atomic E-state index is 0.216. The number of hydrogen-bond donors (Lipinski definition) is 1. The summed E-state index contributed by atoms with van der Waals surface area (Å²) in [5.74, 6) is -0.817. The third kappa shape index (κ3) is 5.53. The van der Waals surface area contributed by atoms with Gasteiger partial charge < -0.3 is 19.7 Å². The van der Waals surface area contributed by atoms with E-state index in [1.807, 2.05) is 17.5 Å². The van der Waals surface area contributed by atoms with Crippen LogP contribution in [-0.2, 0) is 4.74 Å².